The summed E-state index contributed by atoms with van der Waals surface area (Å²) in [6.07, 6.45) is 0. The zero-order valence-corrected chi connectivity index (χ0v) is 9.18. The molecule has 18 heavy (non-hydrogen) atoms. The molecular formula is C12H16KNaO4. The molecule has 0 radical (unpaired) electrons. The van der Waals surface area contributed by atoms with Crippen LogP contribution in [0.4, 0.5) is 0 Å². The van der Waals surface area contributed by atoms with Crippen LogP contribution in [0.3, 0.4) is 0 Å². The van der Waals surface area contributed by atoms with Gasteiger partial charge in [0, 0.05) is 0 Å². The summed E-state index contributed by atoms with van der Waals surface area (Å²) in [5, 5.41) is 18.5. The first-order chi connectivity index (χ1) is 7.44. The van der Waals surface area contributed by atoms with Crippen LogP contribution < -0.4 is 0 Å². The van der Waals surface area contributed by atoms with E-state index in [9.17, 15) is 19.8 Å². The number of carboxylic acids is 2. The van der Waals surface area contributed by atoms with Gasteiger partial charge in [0.15, 0.2) is 5.41 Å². The van der Waals surface area contributed by atoms with E-state index in [0.717, 1.165) is 0 Å². The first-order valence-electron chi connectivity index (χ1n) is 4.96. The molecule has 1 rings (SSSR count). The van der Waals surface area contributed by atoms with E-state index in [0.29, 0.717) is 5.56 Å². The summed E-state index contributed by atoms with van der Waals surface area (Å²) in [5.41, 5.74) is -1.58. The normalized spacial score (nSPS) is 10.2. The molecule has 1 aromatic carbocycles. The van der Waals surface area contributed by atoms with Gasteiger partial charge >= 0.3 is 92.9 Å². The van der Waals surface area contributed by atoms with E-state index in [1.807, 2.05) is 0 Å². The number of hydrogen-bond acceptors (Lipinski definition) is 2. The number of carboxylic acid groups (broad SMARTS) is 2. The van der Waals surface area contributed by atoms with Gasteiger partial charge in [0.1, 0.15) is 0 Å². The molecule has 6 heteroatoms. The third-order valence-electron chi connectivity index (χ3n) is 2.77. The van der Waals surface area contributed by atoms with Crippen LogP contribution in [0.5, 0.6) is 0 Å². The van der Waals surface area contributed by atoms with Crippen LogP contribution in [-0.4, -0.2) is 103 Å². The molecule has 2 N–H and O–H groups in total. The van der Waals surface area contributed by atoms with Gasteiger partial charge in [-0.3, -0.25) is 9.59 Å². The van der Waals surface area contributed by atoms with Crippen LogP contribution in [0.15, 0.2) is 30.3 Å². The van der Waals surface area contributed by atoms with Gasteiger partial charge in [0.2, 0.25) is 0 Å². The van der Waals surface area contributed by atoms with Crippen LogP contribution in [0.25, 0.3) is 0 Å². The van der Waals surface area contributed by atoms with E-state index in [1.54, 1.807) is 32.0 Å². The number of rotatable bonds is 4. The van der Waals surface area contributed by atoms with E-state index in [2.05, 4.69) is 0 Å². The van der Waals surface area contributed by atoms with Crippen molar-refractivity contribution < 1.29 is 19.8 Å². The first kappa shape index (κ1) is 21.1. The summed E-state index contributed by atoms with van der Waals surface area (Å²) in [7, 11) is 0. The maximum absolute atomic E-state index is 11.3. The molecule has 0 aliphatic rings. The zero-order valence-electron chi connectivity index (χ0n) is 9.18. The van der Waals surface area contributed by atoms with Crippen molar-refractivity contribution in [2.45, 2.75) is 19.3 Å². The van der Waals surface area contributed by atoms with Gasteiger partial charge in [-0.15, -0.1) is 0 Å². The van der Waals surface area contributed by atoms with Gasteiger partial charge in [-0.25, -0.2) is 0 Å². The molecular weight excluding hydrogens is 270 g/mol. The number of carbonyl (C=O) groups is 2. The number of benzene rings is 1. The molecule has 0 saturated heterocycles. The van der Waals surface area contributed by atoms with E-state index < -0.39 is 23.3 Å². The van der Waals surface area contributed by atoms with Crippen molar-refractivity contribution in [3.8, 4) is 0 Å². The van der Waals surface area contributed by atoms with E-state index in [4.69, 9.17) is 0 Å². The summed E-state index contributed by atoms with van der Waals surface area (Å²) in [5.74, 6) is -3.20. The molecule has 0 heterocycles. The summed E-state index contributed by atoms with van der Waals surface area (Å²) >= 11 is 0. The first-order valence-corrected chi connectivity index (χ1v) is 4.96. The Morgan fingerprint density at radius 2 is 1.44 bits per heavy atom. The fraction of sp³-hybridized carbons (Fsp3) is 0.333. The third-order valence-corrected chi connectivity index (χ3v) is 2.77. The molecule has 0 spiro atoms. The van der Waals surface area contributed by atoms with Crippen molar-refractivity contribution >= 4 is 92.9 Å². The predicted octanol–water partition coefficient (Wildman–Crippen LogP) is 0.453. The van der Waals surface area contributed by atoms with Gasteiger partial charge in [-0.05, 0) is 11.5 Å². The van der Waals surface area contributed by atoms with E-state index in [1.165, 1.54) is 12.1 Å². The molecule has 0 aliphatic carbocycles. The fourth-order valence-corrected chi connectivity index (χ4v) is 1.87. The van der Waals surface area contributed by atoms with Crippen molar-refractivity contribution in [3.05, 3.63) is 35.9 Å². The average Bonchev–Trinajstić information content (AvgIpc) is 2.18. The zero-order chi connectivity index (χ0) is 12.3. The molecule has 90 valence electrons. The van der Waals surface area contributed by atoms with E-state index >= 15 is 0 Å². The number of aliphatic carboxylic acids is 2. The summed E-state index contributed by atoms with van der Waals surface area (Å²) in [6, 6.07) is 8.06. The minimum atomic E-state index is -1.87. The predicted molar refractivity (Wildman–Crippen MR) is 72.5 cm³/mol. The molecule has 0 bridgehead atoms. The Balaban J connectivity index is 0. The molecule has 4 nitrogen and oxygen atoms in total. The summed E-state index contributed by atoms with van der Waals surface area (Å²) < 4.78 is 0. The van der Waals surface area contributed by atoms with Gasteiger partial charge in [-0.2, -0.15) is 0 Å². The standard InChI is InChI=1S/C12H14O4.K.Na.2H/c1-8(2)12(10(13)14,11(15)16)9-6-4-3-5-7-9;;;;/h3-8H,1-2H3,(H,13,14)(H,15,16);;;;. The second-order valence-corrected chi connectivity index (χ2v) is 3.94. The Morgan fingerprint density at radius 1 is 1.06 bits per heavy atom. The van der Waals surface area contributed by atoms with Gasteiger partial charge < -0.3 is 10.2 Å². The quantitative estimate of drug-likeness (QED) is 0.622. The third kappa shape index (κ3) is 3.90. The summed E-state index contributed by atoms with van der Waals surface area (Å²) in [6.45, 7) is 3.18. The van der Waals surface area contributed by atoms with Crippen LogP contribution >= 0.6 is 0 Å². The van der Waals surface area contributed by atoms with Crippen molar-refractivity contribution in [1.82, 2.24) is 0 Å². The molecule has 0 unspecified atom stereocenters. The Bertz CT molecular complexity index is 392. The van der Waals surface area contributed by atoms with Gasteiger partial charge in [0.05, 0.1) is 0 Å². The molecule has 0 atom stereocenters. The minimum absolute atomic E-state index is 0. The fourth-order valence-electron chi connectivity index (χ4n) is 1.87. The van der Waals surface area contributed by atoms with Crippen LogP contribution in [0.2, 0.25) is 0 Å². The monoisotopic (exact) mass is 286 g/mol. The van der Waals surface area contributed by atoms with Crippen molar-refractivity contribution in [2.75, 3.05) is 0 Å². The molecule has 0 amide bonds. The molecule has 0 aliphatic heterocycles. The van der Waals surface area contributed by atoms with Crippen molar-refractivity contribution in [2.24, 2.45) is 5.92 Å². The van der Waals surface area contributed by atoms with Crippen LogP contribution in [0.1, 0.15) is 19.4 Å². The maximum atomic E-state index is 11.3. The Hall–Kier alpha value is 0.796. The molecule has 0 fully saturated rings. The van der Waals surface area contributed by atoms with Crippen molar-refractivity contribution in [1.29, 1.82) is 0 Å². The van der Waals surface area contributed by atoms with Crippen LogP contribution in [0, 0.1) is 5.92 Å². The molecule has 1 aromatic rings. The average molecular weight is 286 g/mol. The Kier molecular flexibility index (Phi) is 10.4. The Morgan fingerprint density at radius 3 is 1.72 bits per heavy atom. The van der Waals surface area contributed by atoms with Gasteiger partial charge in [-0.1, -0.05) is 44.2 Å². The van der Waals surface area contributed by atoms with Crippen molar-refractivity contribution in [3.63, 3.8) is 0 Å². The van der Waals surface area contributed by atoms with Gasteiger partial charge in [0.25, 0.3) is 0 Å². The second-order valence-electron chi connectivity index (χ2n) is 3.94. The molecule has 0 aromatic heterocycles. The Labute approximate surface area is 171 Å². The SMILES string of the molecule is CC(C)C(C(=O)O)(C(=O)O)c1ccccc1.[KH].[NaH]. The number of hydrogen-bond donors (Lipinski definition) is 2. The van der Waals surface area contributed by atoms with Crippen LogP contribution in [-0.2, 0) is 15.0 Å². The molecule has 0 saturated carbocycles. The summed E-state index contributed by atoms with van der Waals surface area (Å²) in [4.78, 5) is 22.6. The topological polar surface area (TPSA) is 74.6 Å². The van der Waals surface area contributed by atoms with E-state index in [-0.39, 0.29) is 80.9 Å². The second kappa shape index (κ2) is 8.87.